The van der Waals surface area contributed by atoms with Crippen molar-refractivity contribution in [1.82, 2.24) is 14.9 Å². The van der Waals surface area contributed by atoms with E-state index in [1.54, 1.807) is 12.1 Å². The van der Waals surface area contributed by atoms with Gasteiger partial charge in [-0.25, -0.2) is 9.37 Å². The molecular formula is C26H24FN3O4S. The van der Waals surface area contributed by atoms with E-state index < -0.39 is 0 Å². The third kappa shape index (κ3) is 4.64. The van der Waals surface area contributed by atoms with Crippen LogP contribution in [0.5, 0.6) is 11.5 Å². The van der Waals surface area contributed by atoms with Crippen LogP contribution in [0, 0.1) is 11.7 Å². The van der Waals surface area contributed by atoms with Crippen LogP contribution in [0.2, 0.25) is 0 Å². The van der Waals surface area contributed by atoms with Gasteiger partial charge in [-0.15, -0.1) is 11.3 Å². The highest BCUT2D eigenvalue weighted by Crippen LogP contribution is 2.34. The number of thiophene rings is 1. The molecule has 9 heteroatoms. The van der Waals surface area contributed by atoms with E-state index in [-0.39, 0.29) is 35.8 Å². The Labute approximate surface area is 205 Å². The van der Waals surface area contributed by atoms with Crippen molar-refractivity contribution in [2.24, 2.45) is 5.92 Å². The van der Waals surface area contributed by atoms with E-state index in [0.29, 0.717) is 40.5 Å². The molecule has 0 spiro atoms. The molecular weight excluding hydrogens is 469 g/mol. The number of hydrogen-bond acceptors (Lipinski definition) is 6. The Morgan fingerprint density at radius 2 is 1.89 bits per heavy atom. The summed E-state index contributed by atoms with van der Waals surface area (Å²) in [5.41, 5.74) is 1.98. The highest BCUT2D eigenvalue weighted by Gasteiger charge is 2.22. The first kappa shape index (κ1) is 23.0. The summed E-state index contributed by atoms with van der Waals surface area (Å²) in [6.07, 6.45) is 1.39. The number of aromatic nitrogens is 2. The fourth-order valence-electron chi connectivity index (χ4n) is 4.18. The van der Waals surface area contributed by atoms with Crippen LogP contribution in [0.1, 0.15) is 25.5 Å². The molecule has 35 heavy (non-hydrogen) atoms. The summed E-state index contributed by atoms with van der Waals surface area (Å²) >= 11 is 1.34. The van der Waals surface area contributed by atoms with Gasteiger partial charge >= 0.3 is 0 Å². The first-order valence-corrected chi connectivity index (χ1v) is 12.2. The largest absolute Gasteiger partial charge is 0.486 e. The van der Waals surface area contributed by atoms with Crippen LogP contribution in [0.15, 0.2) is 59.0 Å². The maximum Gasteiger partial charge on any atom is 0.263 e. The second-order valence-corrected chi connectivity index (χ2v) is 9.56. The summed E-state index contributed by atoms with van der Waals surface area (Å²) in [6.45, 7) is 4.85. The summed E-state index contributed by atoms with van der Waals surface area (Å²) in [7, 11) is 0. The third-order valence-electron chi connectivity index (χ3n) is 5.94. The molecule has 1 unspecified atom stereocenters. The van der Waals surface area contributed by atoms with Crippen LogP contribution in [0.4, 0.5) is 4.39 Å². The molecule has 180 valence electrons. The highest BCUT2D eigenvalue weighted by atomic mass is 32.1. The van der Waals surface area contributed by atoms with Crippen molar-refractivity contribution in [3.63, 3.8) is 0 Å². The number of ether oxygens (including phenoxy) is 2. The van der Waals surface area contributed by atoms with Crippen molar-refractivity contribution in [3.05, 3.63) is 75.9 Å². The lowest BCUT2D eigenvalue weighted by molar-refractivity contribution is -0.122. The number of benzene rings is 2. The van der Waals surface area contributed by atoms with Crippen molar-refractivity contribution in [3.8, 4) is 22.6 Å². The number of hydrogen-bond donors (Lipinski definition) is 1. The zero-order chi connectivity index (χ0) is 24.5. The maximum atomic E-state index is 13.4. The predicted octanol–water partition coefficient (Wildman–Crippen LogP) is 4.55. The quantitative estimate of drug-likeness (QED) is 0.426. The lowest BCUT2D eigenvalue weighted by Crippen LogP contribution is -2.36. The maximum absolute atomic E-state index is 13.4. The Morgan fingerprint density at radius 1 is 1.14 bits per heavy atom. The molecule has 1 N–H and O–H groups in total. The number of nitrogens with one attached hydrogen (secondary N) is 1. The van der Waals surface area contributed by atoms with Crippen LogP contribution >= 0.6 is 11.3 Å². The Hall–Kier alpha value is -3.72. The molecule has 1 aliphatic rings. The smallest absolute Gasteiger partial charge is 0.263 e. The van der Waals surface area contributed by atoms with Gasteiger partial charge in [0, 0.05) is 10.9 Å². The van der Waals surface area contributed by atoms with Gasteiger partial charge in [-0.05, 0) is 41.3 Å². The minimum atomic E-state index is -0.349. The van der Waals surface area contributed by atoms with E-state index in [9.17, 15) is 14.0 Å². The molecule has 4 aromatic rings. The van der Waals surface area contributed by atoms with Gasteiger partial charge in [0.2, 0.25) is 5.91 Å². The molecule has 7 nitrogen and oxygen atoms in total. The van der Waals surface area contributed by atoms with Crippen molar-refractivity contribution >= 4 is 27.5 Å². The lowest BCUT2D eigenvalue weighted by Gasteiger charge is -2.25. The van der Waals surface area contributed by atoms with Crippen LogP contribution < -0.4 is 20.3 Å². The van der Waals surface area contributed by atoms with Gasteiger partial charge in [0.15, 0.2) is 11.5 Å². The Kier molecular flexibility index (Phi) is 6.25. The Morgan fingerprint density at radius 3 is 2.63 bits per heavy atom. The molecule has 1 amide bonds. The number of fused-ring (bicyclic) bond motifs is 2. The minimum absolute atomic E-state index is 0.0980. The van der Waals surface area contributed by atoms with E-state index in [2.05, 4.69) is 10.3 Å². The number of amides is 1. The van der Waals surface area contributed by atoms with Gasteiger partial charge in [-0.3, -0.25) is 14.2 Å². The van der Waals surface area contributed by atoms with Crippen LogP contribution in [-0.2, 0) is 11.3 Å². The summed E-state index contributed by atoms with van der Waals surface area (Å²) in [5, 5.41) is 5.30. The predicted molar refractivity (Wildman–Crippen MR) is 132 cm³/mol. The number of carbonyl (C=O) groups is 1. The molecule has 0 bridgehead atoms. The zero-order valence-corrected chi connectivity index (χ0v) is 20.1. The first-order valence-electron chi connectivity index (χ1n) is 11.3. The molecule has 1 aliphatic heterocycles. The fourth-order valence-corrected chi connectivity index (χ4v) is 5.09. The number of nitrogens with zero attached hydrogens (tertiary/aromatic N) is 2. The standard InChI is InChI=1S/C26H24FN3O4S/c1-15(2)24(17-5-8-20-21(11-17)34-10-9-33-20)29-22(31)12-30-14-28-25-23(26(30)32)19(13-35-25)16-3-6-18(27)7-4-16/h3-8,11,13-15,24H,9-10,12H2,1-2H3,(H,29,31). The summed E-state index contributed by atoms with van der Waals surface area (Å²) in [4.78, 5) is 31.2. The fraction of sp³-hybridized carbons (Fsp3) is 0.269. The van der Waals surface area contributed by atoms with Gasteiger partial charge in [0.05, 0.1) is 17.8 Å². The van der Waals surface area contributed by atoms with Crippen molar-refractivity contribution in [2.45, 2.75) is 26.4 Å². The molecule has 0 saturated heterocycles. The molecule has 5 rings (SSSR count). The van der Waals surface area contributed by atoms with E-state index in [1.165, 1.54) is 34.4 Å². The number of rotatable bonds is 6. The topological polar surface area (TPSA) is 82.5 Å². The van der Waals surface area contributed by atoms with E-state index in [1.807, 2.05) is 37.4 Å². The van der Waals surface area contributed by atoms with Gasteiger partial charge < -0.3 is 14.8 Å². The summed E-state index contributed by atoms with van der Waals surface area (Å²) in [6, 6.07) is 11.3. The first-order chi connectivity index (χ1) is 16.9. The van der Waals surface area contributed by atoms with E-state index in [4.69, 9.17) is 9.47 Å². The summed E-state index contributed by atoms with van der Waals surface area (Å²) in [5.74, 6) is 0.789. The number of halogens is 1. The molecule has 2 aromatic heterocycles. The molecule has 2 aromatic carbocycles. The van der Waals surface area contributed by atoms with Gasteiger partial charge in [0.1, 0.15) is 30.4 Å². The molecule has 0 fully saturated rings. The van der Waals surface area contributed by atoms with Gasteiger partial charge in [0.25, 0.3) is 5.56 Å². The Balaban J connectivity index is 1.40. The average Bonchev–Trinajstić information content (AvgIpc) is 3.29. The minimum Gasteiger partial charge on any atom is -0.486 e. The van der Waals surface area contributed by atoms with E-state index >= 15 is 0 Å². The molecule has 0 aliphatic carbocycles. The second kappa shape index (κ2) is 9.50. The third-order valence-corrected chi connectivity index (χ3v) is 6.82. The zero-order valence-electron chi connectivity index (χ0n) is 19.3. The average molecular weight is 494 g/mol. The Bertz CT molecular complexity index is 1450. The highest BCUT2D eigenvalue weighted by molar-refractivity contribution is 7.17. The second-order valence-electron chi connectivity index (χ2n) is 8.71. The van der Waals surface area contributed by atoms with Gasteiger partial charge in [-0.1, -0.05) is 32.0 Å². The van der Waals surface area contributed by atoms with Crippen LogP contribution in [0.25, 0.3) is 21.3 Å². The lowest BCUT2D eigenvalue weighted by atomic mass is 9.95. The normalized spacial score (nSPS) is 13.7. The van der Waals surface area contributed by atoms with Crippen LogP contribution in [0.3, 0.4) is 0 Å². The SMILES string of the molecule is CC(C)C(NC(=O)Cn1cnc2scc(-c3ccc(F)cc3)c2c1=O)c1ccc2c(c1)OCCO2. The molecule has 1 atom stereocenters. The monoisotopic (exact) mass is 493 g/mol. The molecule has 0 saturated carbocycles. The van der Waals surface area contributed by atoms with Gasteiger partial charge in [-0.2, -0.15) is 0 Å². The van der Waals surface area contributed by atoms with Crippen molar-refractivity contribution < 1.29 is 18.7 Å². The van der Waals surface area contributed by atoms with Crippen molar-refractivity contribution in [2.75, 3.05) is 13.2 Å². The van der Waals surface area contributed by atoms with E-state index in [0.717, 1.165) is 11.1 Å². The number of carbonyl (C=O) groups excluding carboxylic acids is 1. The van der Waals surface area contributed by atoms with Crippen LogP contribution in [-0.4, -0.2) is 28.7 Å². The molecule has 3 heterocycles. The summed E-state index contributed by atoms with van der Waals surface area (Å²) < 4.78 is 25.9. The molecule has 0 radical (unpaired) electrons. The van der Waals surface area contributed by atoms with Crippen molar-refractivity contribution in [1.29, 1.82) is 0 Å².